The maximum Gasteiger partial charge on any atom is 0.303 e. The molecule has 0 aliphatic carbocycles. The second-order valence-corrected chi connectivity index (χ2v) is 6.91. The quantitative estimate of drug-likeness (QED) is 0.244. The molecule has 0 aromatic rings. The van der Waals surface area contributed by atoms with Gasteiger partial charge in [-0.2, -0.15) is 0 Å². The first kappa shape index (κ1) is 24.8. The van der Waals surface area contributed by atoms with Crippen LogP contribution in [0.15, 0.2) is 0 Å². The van der Waals surface area contributed by atoms with Crippen molar-refractivity contribution >= 4 is 11.9 Å². The summed E-state index contributed by atoms with van der Waals surface area (Å²) >= 11 is 0. The van der Waals surface area contributed by atoms with Crippen LogP contribution in [0.25, 0.3) is 0 Å². The molecule has 2 heterocycles. The number of hydrogen-bond acceptors (Lipinski definition) is 13. The highest BCUT2D eigenvalue weighted by Gasteiger charge is 2.53. The minimum Gasteiger partial charge on any atom is -0.455 e. The average molecular weight is 440 g/mol. The van der Waals surface area contributed by atoms with Crippen molar-refractivity contribution in [1.29, 1.82) is 0 Å². The molecule has 0 radical (unpaired) electrons. The van der Waals surface area contributed by atoms with Crippen LogP contribution in [-0.4, -0.2) is 119 Å². The summed E-state index contributed by atoms with van der Waals surface area (Å²) in [5, 5.41) is 49.1. The molecule has 10 atom stereocenters. The van der Waals surface area contributed by atoms with E-state index in [0.29, 0.717) is 0 Å². The Labute approximate surface area is 172 Å². The van der Waals surface area contributed by atoms with Crippen molar-refractivity contribution in [3.63, 3.8) is 0 Å². The molecular weight excluding hydrogens is 412 g/mol. The van der Waals surface area contributed by atoms with Crippen LogP contribution in [0, 0.1) is 0 Å². The molecule has 174 valence electrons. The third kappa shape index (κ3) is 5.43. The Bertz CT molecular complexity index is 584. The largest absolute Gasteiger partial charge is 0.455 e. The molecule has 30 heavy (non-hydrogen) atoms. The van der Waals surface area contributed by atoms with Crippen molar-refractivity contribution in [2.24, 2.45) is 0 Å². The fourth-order valence-corrected chi connectivity index (χ4v) is 3.36. The first-order chi connectivity index (χ1) is 14.1. The number of rotatable bonds is 7. The second-order valence-electron chi connectivity index (χ2n) is 6.91. The van der Waals surface area contributed by atoms with Crippen LogP contribution in [0.1, 0.15) is 13.8 Å². The van der Waals surface area contributed by atoms with Crippen molar-refractivity contribution in [3.8, 4) is 0 Å². The lowest BCUT2D eigenvalue weighted by Crippen LogP contribution is -2.65. The number of hydrogen-bond donors (Lipinski definition) is 5. The number of methoxy groups -OCH3 is 1. The standard InChI is InChI=1S/C17H28O13/c1-6(20)26-14-13(9(5-19)29-17(25-3)15(14)27-7(2)21)30-16-12(24)11(23)10(22)8(4-18)28-16/h8-19,22-24H,4-5H2,1-3H3/t8-,9-,10+,11+,12-,13-,14+,15-,16+,17+/m1/s1. The van der Waals surface area contributed by atoms with Gasteiger partial charge in [-0.3, -0.25) is 9.59 Å². The van der Waals surface area contributed by atoms with E-state index < -0.39 is 86.6 Å². The molecule has 0 aromatic carbocycles. The Morgan fingerprint density at radius 2 is 1.30 bits per heavy atom. The van der Waals surface area contributed by atoms with E-state index in [0.717, 1.165) is 13.8 Å². The molecule has 2 rings (SSSR count). The molecule has 0 amide bonds. The molecule has 13 nitrogen and oxygen atoms in total. The number of esters is 2. The smallest absolute Gasteiger partial charge is 0.303 e. The van der Waals surface area contributed by atoms with Gasteiger partial charge in [0.25, 0.3) is 0 Å². The van der Waals surface area contributed by atoms with E-state index in [-0.39, 0.29) is 0 Å². The van der Waals surface area contributed by atoms with Crippen LogP contribution in [0.3, 0.4) is 0 Å². The maximum atomic E-state index is 11.7. The van der Waals surface area contributed by atoms with Crippen LogP contribution in [0.5, 0.6) is 0 Å². The van der Waals surface area contributed by atoms with Gasteiger partial charge in [0.1, 0.15) is 36.6 Å². The highest BCUT2D eigenvalue weighted by atomic mass is 16.8. The summed E-state index contributed by atoms with van der Waals surface area (Å²) < 4.78 is 32.0. The Morgan fingerprint density at radius 3 is 1.80 bits per heavy atom. The molecular formula is C17H28O13. The van der Waals surface area contributed by atoms with E-state index in [2.05, 4.69) is 0 Å². The zero-order valence-corrected chi connectivity index (χ0v) is 16.7. The number of carbonyl (C=O) groups is 2. The van der Waals surface area contributed by atoms with Gasteiger partial charge in [0.2, 0.25) is 0 Å². The van der Waals surface area contributed by atoms with E-state index in [9.17, 15) is 35.1 Å². The van der Waals surface area contributed by atoms with Crippen LogP contribution < -0.4 is 0 Å². The Hall–Kier alpha value is -1.42. The molecule has 2 saturated heterocycles. The van der Waals surface area contributed by atoms with Crippen molar-refractivity contribution in [2.75, 3.05) is 20.3 Å². The Balaban J connectivity index is 2.34. The predicted molar refractivity (Wildman–Crippen MR) is 92.5 cm³/mol. The fourth-order valence-electron chi connectivity index (χ4n) is 3.36. The van der Waals surface area contributed by atoms with Gasteiger partial charge in [-0.25, -0.2) is 0 Å². The summed E-state index contributed by atoms with van der Waals surface area (Å²) in [6.07, 6.45) is -14.4. The second kappa shape index (κ2) is 10.7. The molecule has 0 saturated carbocycles. The van der Waals surface area contributed by atoms with Gasteiger partial charge < -0.3 is 54.0 Å². The van der Waals surface area contributed by atoms with Gasteiger partial charge in [-0.1, -0.05) is 0 Å². The van der Waals surface area contributed by atoms with Gasteiger partial charge in [0.05, 0.1) is 13.2 Å². The molecule has 0 spiro atoms. The third-order valence-electron chi connectivity index (χ3n) is 4.75. The molecule has 0 bridgehead atoms. The number of ether oxygens (including phenoxy) is 6. The van der Waals surface area contributed by atoms with Crippen LogP contribution in [0.2, 0.25) is 0 Å². The van der Waals surface area contributed by atoms with E-state index in [1.165, 1.54) is 7.11 Å². The zero-order chi connectivity index (χ0) is 22.6. The summed E-state index contributed by atoms with van der Waals surface area (Å²) in [6.45, 7) is 0.876. The SMILES string of the molecule is CO[C@H]1O[C@H](CO)[C@@H](O[C@@H]2O[C@H](CO)[C@H](O)[C@H](O)[C@H]2O)[C@H](OC(C)=O)[C@H]1OC(C)=O. The van der Waals surface area contributed by atoms with Crippen molar-refractivity contribution in [1.82, 2.24) is 0 Å². The zero-order valence-electron chi connectivity index (χ0n) is 16.7. The topological polar surface area (TPSA) is 191 Å². The van der Waals surface area contributed by atoms with E-state index in [4.69, 9.17) is 28.4 Å². The molecule has 0 aromatic heterocycles. The molecule has 2 aliphatic rings. The predicted octanol–water partition coefficient (Wildman–Crippen LogP) is -3.60. The Kier molecular flexibility index (Phi) is 8.90. The summed E-state index contributed by atoms with van der Waals surface area (Å²) in [4.78, 5) is 23.2. The Morgan fingerprint density at radius 1 is 0.767 bits per heavy atom. The third-order valence-corrected chi connectivity index (χ3v) is 4.75. The van der Waals surface area contributed by atoms with Gasteiger partial charge in [0.15, 0.2) is 24.8 Å². The van der Waals surface area contributed by atoms with Gasteiger partial charge in [0, 0.05) is 21.0 Å². The molecule has 0 unspecified atom stereocenters. The lowest BCUT2D eigenvalue weighted by Gasteiger charge is -2.47. The number of aliphatic hydroxyl groups is 5. The van der Waals surface area contributed by atoms with Gasteiger partial charge in [-0.05, 0) is 0 Å². The highest BCUT2D eigenvalue weighted by Crippen LogP contribution is 2.32. The van der Waals surface area contributed by atoms with E-state index in [1.807, 2.05) is 0 Å². The summed E-state index contributed by atoms with van der Waals surface area (Å²) in [5.41, 5.74) is 0. The van der Waals surface area contributed by atoms with Crippen molar-refractivity contribution in [2.45, 2.75) is 75.3 Å². The van der Waals surface area contributed by atoms with Crippen LogP contribution >= 0.6 is 0 Å². The van der Waals surface area contributed by atoms with Crippen molar-refractivity contribution < 1.29 is 63.5 Å². The fraction of sp³-hybridized carbons (Fsp3) is 0.882. The maximum absolute atomic E-state index is 11.7. The number of aliphatic hydroxyl groups excluding tert-OH is 5. The van der Waals surface area contributed by atoms with Gasteiger partial charge in [-0.15, -0.1) is 0 Å². The monoisotopic (exact) mass is 440 g/mol. The van der Waals surface area contributed by atoms with Crippen LogP contribution in [-0.2, 0) is 38.0 Å². The molecule has 13 heteroatoms. The van der Waals surface area contributed by atoms with Crippen molar-refractivity contribution in [3.05, 3.63) is 0 Å². The summed E-state index contributed by atoms with van der Waals surface area (Å²) in [7, 11) is 1.25. The average Bonchev–Trinajstić information content (AvgIpc) is 2.69. The minimum absolute atomic E-state index is 0.646. The first-order valence-corrected chi connectivity index (χ1v) is 9.24. The number of carbonyl (C=O) groups excluding carboxylic acids is 2. The van der Waals surface area contributed by atoms with Gasteiger partial charge >= 0.3 is 11.9 Å². The normalized spacial score (nSPS) is 41.9. The lowest BCUT2D eigenvalue weighted by molar-refractivity contribution is -0.358. The molecule has 2 aliphatic heterocycles. The molecule has 2 fully saturated rings. The molecule has 5 N–H and O–H groups in total. The summed E-state index contributed by atoms with van der Waals surface area (Å²) in [5.74, 6) is -1.51. The minimum atomic E-state index is -1.76. The van der Waals surface area contributed by atoms with E-state index in [1.54, 1.807) is 0 Å². The highest BCUT2D eigenvalue weighted by molar-refractivity contribution is 5.67. The van der Waals surface area contributed by atoms with Crippen LogP contribution in [0.4, 0.5) is 0 Å². The lowest BCUT2D eigenvalue weighted by atomic mass is 9.96. The first-order valence-electron chi connectivity index (χ1n) is 9.24. The summed E-state index contributed by atoms with van der Waals surface area (Å²) in [6, 6.07) is 0. The van der Waals surface area contributed by atoms with E-state index >= 15 is 0 Å².